The fourth-order valence-electron chi connectivity index (χ4n) is 3.21. The molecule has 0 spiro atoms. The second-order valence-electron chi connectivity index (χ2n) is 6.76. The number of nitrogens with one attached hydrogen (secondary N) is 2. The van der Waals surface area contributed by atoms with Crippen LogP contribution in [0.4, 0.5) is 11.5 Å². The highest BCUT2D eigenvalue weighted by Crippen LogP contribution is 2.26. The normalized spacial score (nSPS) is 24.1. The maximum Gasteiger partial charge on any atom is 0.173 e. The van der Waals surface area contributed by atoms with Crippen LogP contribution in [0.5, 0.6) is 0 Å². The van der Waals surface area contributed by atoms with Crippen molar-refractivity contribution in [1.29, 1.82) is 5.41 Å². The van der Waals surface area contributed by atoms with Gasteiger partial charge in [-0.1, -0.05) is 6.92 Å². The summed E-state index contributed by atoms with van der Waals surface area (Å²) in [7, 11) is 1.99. The number of nitrogens with zero attached hydrogens (tertiary/aromatic N) is 3. The van der Waals surface area contributed by atoms with Crippen LogP contribution in [0.1, 0.15) is 25.3 Å². The summed E-state index contributed by atoms with van der Waals surface area (Å²) < 4.78 is 3.79. The van der Waals surface area contributed by atoms with Gasteiger partial charge in [0.2, 0.25) is 0 Å². The Morgan fingerprint density at radius 2 is 2.29 bits per heavy atom. The van der Waals surface area contributed by atoms with Crippen LogP contribution >= 0.6 is 0 Å². The molecule has 0 bridgehead atoms. The Balaban J connectivity index is 1.72. The van der Waals surface area contributed by atoms with Gasteiger partial charge in [-0.2, -0.15) is 5.10 Å². The summed E-state index contributed by atoms with van der Waals surface area (Å²) in [5, 5.41) is 15.8. The van der Waals surface area contributed by atoms with E-state index in [1.807, 2.05) is 23.9 Å². The first-order valence-electron chi connectivity index (χ1n) is 8.29. The summed E-state index contributed by atoms with van der Waals surface area (Å²) in [6.45, 7) is 2.70. The summed E-state index contributed by atoms with van der Waals surface area (Å²) >= 11 is 0. The minimum atomic E-state index is -0.0652. The summed E-state index contributed by atoms with van der Waals surface area (Å²) in [4.78, 5) is 0. The predicted octanol–water partition coefficient (Wildman–Crippen LogP) is 0.896. The Kier molecular flexibility index (Phi) is 4.53. The van der Waals surface area contributed by atoms with Crippen LogP contribution in [0.2, 0.25) is 0 Å². The third kappa shape index (κ3) is 3.41. The first kappa shape index (κ1) is 16.4. The first-order valence-corrected chi connectivity index (χ1v) is 8.29. The molecule has 1 saturated carbocycles. The van der Waals surface area contributed by atoms with Crippen LogP contribution in [0.25, 0.3) is 0 Å². The largest absolute Gasteiger partial charge is 0.382 e. The number of rotatable bonds is 4. The van der Waals surface area contributed by atoms with Crippen molar-refractivity contribution in [3.05, 3.63) is 36.3 Å². The van der Waals surface area contributed by atoms with E-state index in [0.717, 1.165) is 23.4 Å². The van der Waals surface area contributed by atoms with Gasteiger partial charge >= 0.3 is 0 Å². The molecule has 24 heavy (non-hydrogen) atoms. The van der Waals surface area contributed by atoms with Gasteiger partial charge < -0.3 is 22.2 Å². The van der Waals surface area contributed by atoms with E-state index in [1.54, 1.807) is 10.9 Å². The van der Waals surface area contributed by atoms with Crippen LogP contribution in [0.3, 0.4) is 0 Å². The van der Waals surface area contributed by atoms with Crippen LogP contribution in [-0.4, -0.2) is 27.6 Å². The second kappa shape index (κ2) is 6.60. The maximum atomic E-state index is 7.93. The third-order valence-electron chi connectivity index (χ3n) is 4.73. The average Bonchev–Trinajstić information content (AvgIpc) is 2.86. The molecule has 2 aromatic rings. The highest BCUT2D eigenvalue weighted by molar-refractivity contribution is 5.85. The monoisotopic (exact) mass is 328 g/mol. The fourth-order valence-corrected chi connectivity index (χ4v) is 3.21. The van der Waals surface area contributed by atoms with Gasteiger partial charge in [-0.15, -0.1) is 0 Å². The predicted molar refractivity (Wildman–Crippen MR) is 94.9 cm³/mol. The number of hydrogen-bond donors (Lipinski definition) is 4. The van der Waals surface area contributed by atoms with E-state index in [-0.39, 0.29) is 18.0 Å². The lowest BCUT2D eigenvalue weighted by Crippen LogP contribution is -2.47. The summed E-state index contributed by atoms with van der Waals surface area (Å²) in [6, 6.07) is 4.11. The molecule has 2 aromatic heterocycles. The number of aryl methyl sites for hydroxylation is 1. The van der Waals surface area contributed by atoms with E-state index in [9.17, 15) is 0 Å². The van der Waals surface area contributed by atoms with E-state index in [1.165, 1.54) is 0 Å². The summed E-state index contributed by atoms with van der Waals surface area (Å²) in [6.07, 6.45) is 7.28. The number of pyridine rings is 1. The molecule has 6 N–H and O–H groups in total. The molecule has 128 valence electrons. The Labute approximate surface area is 142 Å². The zero-order valence-corrected chi connectivity index (χ0v) is 14.2. The average molecular weight is 328 g/mol. The number of nitrogens with two attached hydrogens (primary N) is 2. The van der Waals surface area contributed by atoms with Crippen LogP contribution in [0, 0.1) is 11.3 Å². The minimum Gasteiger partial charge on any atom is -0.382 e. The van der Waals surface area contributed by atoms with Gasteiger partial charge in [0.1, 0.15) is 12.9 Å². The summed E-state index contributed by atoms with van der Waals surface area (Å²) in [5.41, 5.74) is 15.2. The van der Waals surface area contributed by atoms with E-state index in [4.69, 9.17) is 16.9 Å². The van der Waals surface area contributed by atoms with Gasteiger partial charge in [0.25, 0.3) is 0 Å². The molecular weight excluding hydrogens is 302 g/mol. The van der Waals surface area contributed by atoms with Crippen molar-refractivity contribution in [3.8, 4) is 0 Å². The molecular formula is C17H26N7+. The first-order chi connectivity index (χ1) is 11.4. The lowest BCUT2D eigenvalue weighted by Gasteiger charge is -2.34. The number of hydrogen-bond acceptors (Lipinski definition) is 5. The van der Waals surface area contributed by atoms with Crippen molar-refractivity contribution >= 4 is 17.2 Å². The number of anilines is 2. The molecule has 2 heterocycles. The Hall–Kier alpha value is -2.41. The van der Waals surface area contributed by atoms with Crippen molar-refractivity contribution in [3.63, 3.8) is 0 Å². The molecule has 3 rings (SSSR count). The second-order valence-corrected chi connectivity index (χ2v) is 6.76. The molecule has 3 unspecified atom stereocenters. The van der Waals surface area contributed by atoms with Crippen LogP contribution in [-0.2, 0) is 13.6 Å². The Morgan fingerprint density at radius 3 is 3.04 bits per heavy atom. The van der Waals surface area contributed by atoms with Crippen LogP contribution < -0.4 is 21.4 Å². The number of nitrogen functional groups attached to an aromatic ring is 1. The van der Waals surface area contributed by atoms with Gasteiger partial charge in [0.05, 0.1) is 18.4 Å². The summed E-state index contributed by atoms with van der Waals surface area (Å²) in [5.74, 6) is 0.866. The van der Waals surface area contributed by atoms with E-state index in [2.05, 4.69) is 29.6 Å². The standard InChI is InChI=1S/C17H26N7/c1-11-6-15(14(19)7-13(11)18)22-16-8-21-24(17(16)20)10-12-4-3-5-23(2)9-12/h3-5,8-9,11,14-15,18,22H,6-7,10,19-20H2,1-2H3/q+1. The molecule has 7 nitrogen and oxygen atoms in total. The van der Waals surface area contributed by atoms with Gasteiger partial charge in [-0.3, -0.25) is 0 Å². The topological polar surface area (TPSA) is 110 Å². The third-order valence-corrected chi connectivity index (χ3v) is 4.73. The van der Waals surface area contributed by atoms with Gasteiger partial charge in [0.15, 0.2) is 12.4 Å². The Morgan fingerprint density at radius 1 is 1.50 bits per heavy atom. The maximum absolute atomic E-state index is 7.93. The van der Waals surface area contributed by atoms with Crippen molar-refractivity contribution in [2.75, 3.05) is 11.1 Å². The SMILES string of the molecule is CC1CC(Nc2cnn(Cc3ccc[n+](C)c3)c2N)C(N)CC1=N. The van der Waals surface area contributed by atoms with Gasteiger partial charge in [-0.05, 0) is 18.4 Å². The lowest BCUT2D eigenvalue weighted by molar-refractivity contribution is -0.671. The van der Waals surface area contributed by atoms with Crippen LogP contribution in [0.15, 0.2) is 30.7 Å². The highest BCUT2D eigenvalue weighted by Gasteiger charge is 2.30. The minimum absolute atomic E-state index is 0.0652. The van der Waals surface area contributed by atoms with Crippen molar-refractivity contribution < 1.29 is 4.57 Å². The van der Waals surface area contributed by atoms with Gasteiger partial charge in [0, 0.05) is 35.8 Å². The zero-order chi connectivity index (χ0) is 17.3. The molecule has 3 atom stereocenters. The van der Waals surface area contributed by atoms with E-state index in [0.29, 0.717) is 18.8 Å². The number of aromatic nitrogens is 3. The van der Waals surface area contributed by atoms with Gasteiger partial charge in [-0.25, -0.2) is 9.25 Å². The van der Waals surface area contributed by atoms with E-state index >= 15 is 0 Å². The Bertz CT molecular complexity index is 736. The van der Waals surface area contributed by atoms with Crippen molar-refractivity contribution in [2.24, 2.45) is 18.7 Å². The molecule has 0 aliphatic heterocycles. The lowest BCUT2D eigenvalue weighted by atomic mass is 9.82. The molecule has 0 amide bonds. The molecule has 1 aliphatic rings. The molecule has 0 radical (unpaired) electrons. The fraction of sp³-hybridized carbons (Fsp3) is 0.471. The molecule has 7 heteroatoms. The highest BCUT2D eigenvalue weighted by atomic mass is 15.3. The zero-order valence-electron chi connectivity index (χ0n) is 14.2. The smallest absolute Gasteiger partial charge is 0.173 e. The quantitative estimate of drug-likeness (QED) is 0.625. The molecule has 1 fully saturated rings. The van der Waals surface area contributed by atoms with Crippen molar-refractivity contribution in [1.82, 2.24) is 9.78 Å². The molecule has 1 aliphatic carbocycles. The molecule has 0 aromatic carbocycles. The van der Waals surface area contributed by atoms with Crippen molar-refractivity contribution in [2.45, 2.75) is 38.4 Å². The molecule has 0 saturated heterocycles. The van der Waals surface area contributed by atoms with E-state index < -0.39 is 0 Å².